The molecule has 3 aromatic rings. The fourth-order valence-corrected chi connectivity index (χ4v) is 2.25. The van der Waals surface area contributed by atoms with Gasteiger partial charge >= 0.3 is 0 Å². The number of carbonyl (C=O) groups excluding carboxylic acids is 1. The number of aryl methyl sites for hydroxylation is 1. The van der Waals surface area contributed by atoms with Crippen molar-refractivity contribution >= 4 is 34.7 Å². The van der Waals surface area contributed by atoms with Gasteiger partial charge in [-0.25, -0.2) is 15.0 Å². The Morgan fingerprint density at radius 2 is 1.56 bits per heavy atom. The predicted molar refractivity (Wildman–Crippen MR) is 98.3 cm³/mol. The molecular weight excluding hydrogens is 316 g/mol. The van der Waals surface area contributed by atoms with Gasteiger partial charge in [0.2, 0.25) is 5.91 Å². The topological polar surface area (TPSA) is 91.8 Å². The molecule has 0 spiro atoms. The number of amides is 1. The maximum Gasteiger partial charge on any atom is 0.221 e. The van der Waals surface area contributed by atoms with Crippen LogP contribution in [0.2, 0.25) is 0 Å². The van der Waals surface area contributed by atoms with Gasteiger partial charge in [-0.3, -0.25) is 4.79 Å². The maximum absolute atomic E-state index is 11.1. The van der Waals surface area contributed by atoms with Crippen LogP contribution >= 0.6 is 0 Å². The molecule has 7 heteroatoms. The van der Waals surface area contributed by atoms with Gasteiger partial charge in [-0.15, -0.1) is 0 Å². The zero-order valence-corrected chi connectivity index (χ0v) is 13.9. The molecule has 25 heavy (non-hydrogen) atoms. The van der Waals surface area contributed by atoms with Crippen LogP contribution in [0.1, 0.15) is 12.7 Å². The van der Waals surface area contributed by atoms with E-state index in [1.165, 1.54) is 6.92 Å². The molecule has 126 valence electrons. The van der Waals surface area contributed by atoms with Crippen LogP contribution in [0.4, 0.5) is 28.8 Å². The molecule has 0 radical (unpaired) electrons. The van der Waals surface area contributed by atoms with Crippen LogP contribution in [0.25, 0.3) is 0 Å². The van der Waals surface area contributed by atoms with Crippen molar-refractivity contribution in [1.82, 2.24) is 15.0 Å². The number of hydrogen-bond donors (Lipinski definition) is 3. The van der Waals surface area contributed by atoms with E-state index in [1.54, 1.807) is 6.20 Å². The standard InChI is InChI=1S/C18H18N6O/c1-12-20-17(11-18(21-12)24-16-5-3-4-10-19-16)23-15-8-6-14(7-9-15)22-13(2)25/h3-11H,1-2H3,(H,22,25)(H2,19,20,21,23,24). The number of carbonyl (C=O) groups is 1. The highest BCUT2D eigenvalue weighted by Gasteiger charge is 2.04. The minimum absolute atomic E-state index is 0.0997. The minimum Gasteiger partial charge on any atom is -0.340 e. The molecule has 0 unspecified atom stereocenters. The maximum atomic E-state index is 11.1. The lowest BCUT2D eigenvalue weighted by atomic mass is 10.2. The SMILES string of the molecule is CC(=O)Nc1ccc(Nc2cc(Nc3ccccn3)nc(C)n2)cc1. The van der Waals surface area contributed by atoms with Crippen LogP contribution in [-0.2, 0) is 4.79 Å². The zero-order chi connectivity index (χ0) is 17.6. The fraction of sp³-hybridized carbons (Fsp3) is 0.111. The van der Waals surface area contributed by atoms with E-state index in [1.807, 2.05) is 55.5 Å². The van der Waals surface area contributed by atoms with Crippen LogP contribution in [0.5, 0.6) is 0 Å². The Kier molecular flexibility index (Phi) is 4.84. The molecule has 0 bridgehead atoms. The second kappa shape index (κ2) is 7.39. The van der Waals surface area contributed by atoms with Gasteiger partial charge in [-0.1, -0.05) is 6.07 Å². The lowest BCUT2D eigenvalue weighted by Gasteiger charge is -2.10. The molecule has 2 heterocycles. The second-order valence-corrected chi connectivity index (χ2v) is 5.41. The van der Waals surface area contributed by atoms with E-state index in [0.29, 0.717) is 23.3 Å². The number of benzene rings is 1. The van der Waals surface area contributed by atoms with Crippen molar-refractivity contribution in [3.8, 4) is 0 Å². The molecule has 1 aromatic carbocycles. The van der Waals surface area contributed by atoms with Gasteiger partial charge in [0.25, 0.3) is 0 Å². The lowest BCUT2D eigenvalue weighted by molar-refractivity contribution is -0.114. The molecule has 3 N–H and O–H groups in total. The third kappa shape index (κ3) is 4.74. The Labute approximate surface area is 145 Å². The number of anilines is 5. The van der Waals surface area contributed by atoms with Crippen molar-refractivity contribution in [2.75, 3.05) is 16.0 Å². The Morgan fingerprint density at radius 3 is 2.20 bits per heavy atom. The summed E-state index contributed by atoms with van der Waals surface area (Å²) in [5.41, 5.74) is 1.60. The third-order valence-electron chi connectivity index (χ3n) is 3.24. The fourth-order valence-electron chi connectivity index (χ4n) is 2.25. The number of nitrogens with zero attached hydrogens (tertiary/aromatic N) is 3. The summed E-state index contributed by atoms with van der Waals surface area (Å²) in [5, 5.41) is 9.11. The predicted octanol–water partition coefficient (Wildman–Crippen LogP) is 3.63. The molecule has 0 aliphatic carbocycles. The van der Waals surface area contributed by atoms with Gasteiger partial charge in [0.15, 0.2) is 0 Å². The monoisotopic (exact) mass is 334 g/mol. The molecule has 0 atom stereocenters. The van der Waals surface area contributed by atoms with Crippen molar-refractivity contribution in [2.45, 2.75) is 13.8 Å². The molecule has 0 fully saturated rings. The highest BCUT2D eigenvalue weighted by Crippen LogP contribution is 2.21. The van der Waals surface area contributed by atoms with Gasteiger partial charge in [-0.05, 0) is 43.3 Å². The van der Waals surface area contributed by atoms with Gasteiger partial charge in [-0.2, -0.15) is 0 Å². The van der Waals surface area contributed by atoms with E-state index >= 15 is 0 Å². The molecule has 7 nitrogen and oxygen atoms in total. The van der Waals surface area contributed by atoms with Gasteiger partial charge in [0.05, 0.1) is 0 Å². The molecule has 1 amide bonds. The molecule has 2 aromatic heterocycles. The first kappa shape index (κ1) is 16.4. The molecule has 0 saturated carbocycles. The summed E-state index contributed by atoms with van der Waals surface area (Å²) in [7, 11) is 0. The summed E-state index contributed by atoms with van der Waals surface area (Å²) < 4.78 is 0. The Hall–Kier alpha value is -3.48. The van der Waals surface area contributed by atoms with Crippen molar-refractivity contribution in [3.05, 3.63) is 60.6 Å². The number of rotatable bonds is 5. The Balaban J connectivity index is 1.75. The van der Waals surface area contributed by atoms with E-state index in [-0.39, 0.29) is 5.91 Å². The largest absolute Gasteiger partial charge is 0.340 e. The van der Waals surface area contributed by atoms with Crippen molar-refractivity contribution in [1.29, 1.82) is 0 Å². The smallest absolute Gasteiger partial charge is 0.221 e. The summed E-state index contributed by atoms with van der Waals surface area (Å²) in [6, 6.07) is 14.8. The van der Waals surface area contributed by atoms with Gasteiger partial charge in [0.1, 0.15) is 23.3 Å². The van der Waals surface area contributed by atoms with Crippen LogP contribution in [0.3, 0.4) is 0 Å². The van der Waals surface area contributed by atoms with Crippen LogP contribution < -0.4 is 16.0 Å². The van der Waals surface area contributed by atoms with Crippen molar-refractivity contribution in [3.63, 3.8) is 0 Å². The summed E-state index contributed by atoms with van der Waals surface area (Å²) >= 11 is 0. The van der Waals surface area contributed by atoms with E-state index in [0.717, 1.165) is 11.4 Å². The number of pyridine rings is 1. The molecule has 0 aliphatic heterocycles. The first-order chi connectivity index (χ1) is 12.1. The number of aromatic nitrogens is 3. The highest BCUT2D eigenvalue weighted by molar-refractivity contribution is 5.88. The van der Waals surface area contributed by atoms with E-state index in [2.05, 4.69) is 30.9 Å². The summed E-state index contributed by atoms with van der Waals surface area (Å²) in [4.78, 5) is 24.0. The van der Waals surface area contributed by atoms with E-state index < -0.39 is 0 Å². The van der Waals surface area contributed by atoms with Gasteiger partial charge < -0.3 is 16.0 Å². The zero-order valence-electron chi connectivity index (χ0n) is 13.9. The van der Waals surface area contributed by atoms with E-state index in [9.17, 15) is 4.79 Å². The van der Waals surface area contributed by atoms with Gasteiger partial charge in [0, 0.05) is 30.6 Å². The van der Waals surface area contributed by atoms with Crippen LogP contribution in [0.15, 0.2) is 54.7 Å². The van der Waals surface area contributed by atoms with Crippen LogP contribution in [0, 0.1) is 6.92 Å². The quantitative estimate of drug-likeness (QED) is 0.660. The molecular formula is C18H18N6O. The van der Waals surface area contributed by atoms with E-state index in [4.69, 9.17) is 0 Å². The average Bonchev–Trinajstić information content (AvgIpc) is 2.56. The summed E-state index contributed by atoms with van der Waals surface area (Å²) in [6.07, 6.45) is 1.71. The first-order valence-electron chi connectivity index (χ1n) is 7.77. The summed E-state index contributed by atoms with van der Waals surface area (Å²) in [6.45, 7) is 3.31. The number of hydrogen-bond acceptors (Lipinski definition) is 6. The minimum atomic E-state index is -0.0997. The summed E-state index contributed by atoms with van der Waals surface area (Å²) in [5.74, 6) is 2.57. The first-order valence-corrected chi connectivity index (χ1v) is 7.77. The number of nitrogens with one attached hydrogen (secondary N) is 3. The third-order valence-corrected chi connectivity index (χ3v) is 3.24. The molecule has 3 rings (SSSR count). The Morgan fingerprint density at radius 1 is 0.880 bits per heavy atom. The normalized spacial score (nSPS) is 10.2. The Bertz CT molecular complexity index is 864. The average molecular weight is 334 g/mol. The van der Waals surface area contributed by atoms with Crippen LogP contribution in [-0.4, -0.2) is 20.9 Å². The second-order valence-electron chi connectivity index (χ2n) is 5.41. The molecule has 0 saturated heterocycles. The highest BCUT2D eigenvalue weighted by atomic mass is 16.1. The lowest BCUT2D eigenvalue weighted by Crippen LogP contribution is -2.05. The van der Waals surface area contributed by atoms with Crippen molar-refractivity contribution in [2.24, 2.45) is 0 Å². The van der Waals surface area contributed by atoms with Crippen molar-refractivity contribution < 1.29 is 4.79 Å². The molecule has 0 aliphatic rings.